The van der Waals surface area contributed by atoms with Crippen LogP contribution < -0.4 is 27.0 Å². The molecule has 0 bridgehead atoms. The van der Waals surface area contributed by atoms with E-state index in [4.69, 9.17) is 39.1 Å². The Bertz CT molecular complexity index is 1200. The fourth-order valence-electron chi connectivity index (χ4n) is 3.83. The molecule has 11 nitrogen and oxygen atoms in total. The molecule has 2 aromatic carbocycles. The van der Waals surface area contributed by atoms with Crippen LogP contribution in [-0.4, -0.2) is 54.9 Å². The number of amides is 3. The molecule has 0 heterocycles. The van der Waals surface area contributed by atoms with Crippen molar-refractivity contribution >= 4 is 58.5 Å². The van der Waals surface area contributed by atoms with E-state index in [-0.39, 0.29) is 39.8 Å². The number of carbonyl (C=O) groups excluding carboxylic acids is 4. The molecule has 0 spiro atoms. The number of benzene rings is 2. The minimum atomic E-state index is -1.22. The van der Waals surface area contributed by atoms with Crippen molar-refractivity contribution in [1.29, 1.82) is 5.41 Å². The van der Waals surface area contributed by atoms with Crippen LogP contribution in [0.5, 0.6) is 0 Å². The van der Waals surface area contributed by atoms with Crippen molar-refractivity contribution in [2.45, 2.75) is 37.8 Å². The molecule has 3 rings (SSSR count). The number of ether oxygens (including phenoxy) is 1. The van der Waals surface area contributed by atoms with Crippen LogP contribution in [0.3, 0.4) is 0 Å². The number of esters is 1. The van der Waals surface area contributed by atoms with Gasteiger partial charge in [-0.15, -0.1) is 0 Å². The number of rotatable bonds is 10. The van der Waals surface area contributed by atoms with Gasteiger partial charge < -0.3 is 31.7 Å². The highest BCUT2D eigenvalue weighted by atomic mass is 35.5. The molecule has 38 heavy (non-hydrogen) atoms. The summed E-state index contributed by atoms with van der Waals surface area (Å²) in [4.78, 5) is 50.6. The highest BCUT2D eigenvalue weighted by molar-refractivity contribution is 6.39. The monoisotopic (exact) mass is 562 g/mol. The number of nitrogens with one attached hydrogen (secondary N) is 5. The third-order valence-electron chi connectivity index (χ3n) is 5.68. The van der Waals surface area contributed by atoms with Gasteiger partial charge in [0.2, 0.25) is 5.91 Å². The second kappa shape index (κ2) is 13.6. The maximum atomic E-state index is 12.9. The molecule has 1 fully saturated rings. The van der Waals surface area contributed by atoms with Gasteiger partial charge in [-0.2, -0.15) is 0 Å². The number of nitrogens with two attached hydrogens (primary N) is 1. The van der Waals surface area contributed by atoms with E-state index in [2.05, 4.69) is 21.3 Å². The summed E-state index contributed by atoms with van der Waals surface area (Å²) in [6.45, 7) is -0.677. The Labute approximate surface area is 229 Å². The molecule has 0 radical (unpaired) electrons. The van der Waals surface area contributed by atoms with E-state index in [9.17, 15) is 19.2 Å². The van der Waals surface area contributed by atoms with Crippen molar-refractivity contribution < 1.29 is 23.9 Å². The highest BCUT2D eigenvalue weighted by Gasteiger charge is 2.29. The van der Waals surface area contributed by atoms with E-state index < -0.39 is 36.3 Å². The average Bonchev–Trinajstić information content (AvgIpc) is 3.37. The van der Waals surface area contributed by atoms with Crippen molar-refractivity contribution in [2.24, 2.45) is 5.73 Å². The minimum absolute atomic E-state index is 0.00502. The first-order valence-corrected chi connectivity index (χ1v) is 12.6. The Hall–Kier alpha value is -3.83. The molecule has 0 aliphatic heterocycles. The fraction of sp³-hybridized carbons (Fsp3) is 0.320. The number of anilines is 1. The van der Waals surface area contributed by atoms with Gasteiger partial charge in [0.15, 0.2) is 5.96 Å². The topological polar surface area (TPSA) is 175 Å². The molecule has 1 unspecified atom stereocenters. The van der Waals surface area contributed by atoms with Crippen LogP contribution in [0.1, 0.15) is 46.4 Å². The second-order valence-electron chi connectivity index (χ2n) is 8.57. The summed E-state index contributed by atoms with van der Waals surface area (Å²) < 4.78 is 5.53. The summed E-state index contributed by atoms with van der Waals surface area (Å²) in [5.41, 5.74) is 5.97. The first-order chi connectivity index (χ1) is 18.1. The van der Waals surface area contributed by atoms with Crippen molar-refractivity contribution in [3.05, 3.63) is 63.6 Å². The van der Waals surface area contributed by atoms with E-state index in [1.54, 1.807) is 18.2 Å². The lowest BCUT2D eigenvalue weighted by molar-refractivity contribution is -0.151. The molecule has 1 atom stereocenters. The number of halogens is 2. The zero-order chi connectivity index (χ0) is 27.7. The quantitative estimate of drug-likeness (QED) is 0.146. The average molecular weight is 563 g/mol. The molecule has 0 aromatic heterocycles. The predicted molar refractivity (Wildman–Crippen MR) is 143 cm³/mol. The van der Waals surface area contributed by atoms with Gasteiger partial charge in [-0.3, -0.25) is 19.8 Å². The SMILES string of the molecule is N=C(N)Nc1cccc(C(=O)NCC(=O)NCC(NC(=O)c2c(Cl)cccc2Cl)C(=O)OC2CCCC2)c1. The van der Waals surface area contributed by atoms with Gasteiger partial charge in [-0.05, 0) is 56.0 Å². The smallest absolute Gasteiger partial charge is 0.330 e. The summed E-state index contributed by atoms with van der Waals surface area (Å²) in [6, 6.07) is 9.56. The third kappa shape index (κ3) is 8.35. The van der Waals surface area contributed by atoms with E-state index in [1.807, 2.05) is 0 Å². The summed E-state index contributed by atoms with van der Waals surface area (Å²) in [5.74, 6) is -2.82. The maximum absolute atomic E-state index is 12.9. The molecule has 202 valence electrons. The highest BCUT2D eigenvalue weighted by Crippen LogP contribution is 2.24. The second-order valence-corrected chi connectivity index (χ2v) is 9.39. The molecule has 3 amide bonds. The third-order valence-corrected chi connectivity index (χ3v) is 6.31. The van der Waals surface area contributed by atoms with Crippen LogP contribution in [0, 0.1) is 5.41 Å². The standard InChI is InChI=1S/C25H28Cl2N6O5/c26-17-9-4-10-18(27)21(17)23(36)33-19(24(37)38-16-7-1-2-8-16)12-30-20(34)13-31-22(35)14-5-3-6-15(11-14)32-25(28)29/h3-6,9-11,16,19H,1-2,7-8,12-13H2,(H,30,34)(H,31,35)(H,33,36)(H4,28,29,32). The molecule has 0 saturated heterocycles. The van der Waals surface area contributed by atoms with E-state index >= 15 is 0 Å². The Morgan fingerprint density at radius 2 is 1.66 bits per heavy atom. The lowest BCUT2D eigenvalue weighted by Crippen LogP contribution is -2.51. The maximum Gasteiger partial charge on any atom is 0.330 e. The lowest BCUT2D eigenvalue weighted by atomic mass is 10.2. The number of hydrogen-bond acceptors (Lipinski definition) is 6. The van der Waals surface area contributed by atoms with Crippen LogP contribution in [0.2, 0.25) is 10.0 Å². The lowest BCUT2D eigenvalue weighted by Gasteiger charge is -2.21. The van der Waals surface area contributed by atoms with Crippen molar-refractivity contribution in [3.8, 4) is 0 Å². The summed E-state index contributed by atoms with van der Waals surface area (Å²) in [5, 5.41) is 17.6. The molecule has 1 aliphatic carbocycles. The van der Waals surface area contributed by atoms with Crippen molar-refractivity contribution in [1.82, 2.24) is 16.0 Å². The van der Waals surface area contributed by atoms with Gasteiger partial charge in [-0.1, -0.05) is 35.3 Å². The molecular formula is C25H28Cl2N6O5. The minimum Gasteiger partial charge on any atom is -0.461 e. The Balaban J connectivity index is 1.60. The Morgan fingerprint density at radius 3 is 2.32 bits per heavy atom. The van der Waals surface area contributed by atoms with Crippen molar-refractivity contribution in [2.75, 3.05) is 18.4 Å². The van der Waals surface area contributed by atoms with Gasteiger partial charge in [0.05, 0.1) is 22.2 Å². The van der Waals surface area contributed by atoms with E-state index in [1.165, 1.54) is 24.3 Å². The molecule has 1 saturated carbocycles. The molecular weight excluding hydrogens is 535 g/mol. The largest absolute Gasteiger partial charge is 0.461 e. The zero-order valence-electron chi connectivity index (χ0n) is 20.3. The van der Waals surface area contributed by atoms with Gasteiger partial charge >= 0.3 is 5.97 Å². The van der Waals surface area contributed by atoms with Crippen molar-refractivity contribution in [3.63, 3.8) is 0 Å². The molecule has 13 heteroatoms. The Kier molecular flexibility index (Phi) is 10.3. The fourth-order valence-corrected chi connectivity index (χ4v) is 4.39. The van der Waals surface area contributed by atoms with Crippen LogP contribution in [0.15, 0.2) is 42.5 Å². The van der Waals surface area contributed by atoms with Crippen LogP contribution >= 0.6 is 23.2 Å². The van der Waals surface area contributed by atoms with Gasteiger partial charge in [0.25, 0.3) is 11.8 Å². The first kappa shape index (κ1) is 28.7. The van der Waals surface area contributed by atoms with E-state index in [0.717, 1.165) is 25.7 Å². The van der Waals surface area contributed by atoms with Gasteiger partial charge in [-0.25, -0.2) is 4.79 Å². The number of carbonyl (C=O) groups is 4. The van der Waals surface area contributed by atoms with Crippen LogP contribution in [0.25, 0.3) is 0 Å². The molecule has 2 aromatic rings. The zero-order valence-corrected chi connectivity index (χ0v) is 21.8. The molecule has 1 aliphatic rings. The predicted octanol–water partition coefficient (Wildman–Crippen LogP) is 2.43. The summed E-state index contributed by atoms with van der Waals surface area (Å²) in [6.07, 6.45) is 3.08. The number of guanidine groups is 1. The van der Waals surface area contributed by atoms with Crippen LogP contribution in [-0.2, 0) is 14.3 Å². The number of hydrogen-bond donors (Lipinski definition) is 6. The normalized spacial score (nSPS) is 13.7. The van der Waals surface area contributed by atoms with Crippen LogP contribution in [0.4, 0.5) is 5.69 Å². The van der Waals surface area contributed by atoms with Gasteiger partial charge in [0.1, 0.15) is 12.1 Å². The Morgan fingerprint density at radius 1 is 1.00 bits per heavy atom. The summed E-state index contributed by atoms with van der Waals surface area (Å²) >= 11 is 12.2. The summed E-state index contributed by atoms with van der Waals surface area (Å²) in [7, 11) is 0. The van der Waals surface area contributed by atoms with Gasteiger partial charge in [0, 0.05) is 17.8 Å². The van der Waals surface area contributed by atoms with E-state index in [0.29, 0.717) is 5.69 Å². The first-order valence-electron chi connectivity index (χ1n) is 11.9. The molecule has 7 N–H and O–H groups in total.